The molecule has 4 saturated heterocycles. The summed E-state index contributed by atoms with van der Waals surface area (Å²) in [4.78, 5) is 0. The fourth-order valence-corrected chi connectivity index (χ4v) is 10.6. The summed E-state index contributed by atoms with van der Waals surface area (Å²) in [6.07, 6.45) is -12.9. The highest BCUT2D eigenvalue weighted by Crippen LogP contribution is 2.65. The number of hydrogen-bond acceptors (Lipinski definition) is 9. The Balaban J connectivity index is 1.12. The smallest absolute Gasteiger partial charge is 0.410 e. The van der Waals surface area contributed by atoms with E-state index in [1.165, 1.54) is 20.8 Å². The van der Waals surface area contributed by atoms with Crippen molar-refractivity contribution in [3.05, 3.63) is 99.1 Å². The van der Waals surface area contributed by atoms with E-state index in [-0.39, 0.29) is 50.9 Å². The van der Waals surface area contributed by atoms with Gasteiger partial charge in [0.25, 0.3) is 11.8 Å². The molecule has 6 unspecified atom stereocenters. The minimum Gasteiger partial charge on any atom is -0.492 e. The van der Waals surface area contributed by atoms with Gasteiger partial charge in [0, 0.05) is 29.2 Å². The van der Waals surface area contributed by atoms with Crippen LogP contribution in [0.5, 0.6) is 5.75 Å². The number of allylic oxidation sites excluding steroid dienone is 8. The van der Waals surface area contributed by atoms with Gasteiger partial charge in [0.05, 0.1) is 50.8 Å². The molecule has 2 aliphatic carbocycles. The standard InChI is InChI=1S/C52H52F14N2O7/c1-7-48(6,8-2)75-31-12-10-23(13-29(31)30(32-22-72-32)14-26-19-69-26)50(51(61,62)63,52(64,65)66)24-9-11-25(16-49(15-24,17-27-20-70-27)18-28-21-71-28)73-44-42(59)38(55)34(39(56)43(44)60)46-68-67-45(74-46)33-36(53)40(57)35(47(3,4)5)41(58)37(33)54/h10,12,15-16,26-30,32H,7-9,11,13-14,17-22H2,1-6H3. The first-order chi connectivity index (χ1) is 35.1. The van der Waals surface area contributed by atoms with Crippen LogP contribution in [0.4, 0.5) is 61.5 Å². The molecule has 75 heavy (non-hydrogen) atoms. The third kappa shape index (κ3) is 10.3. The van der Waals surface area contributed by atoms with E-state index in [0.717, 1.165) is 24.3 Å². The van der Waals surface area contributed by atoms with Gasteiger partial charge in [-0.25, -0.2) is 26.3 Å². The highest BCUT2D eigenvalue weighted by atomic mass is 19.4. The van der Waals surface area contributed by atoms with Crippen LogP contribution in [0.25, 0.3) is 22.9 Å². The molecular weight excluding hydrogens is 1030 g/mol. The molecule has 6 atom stereocenters. The minimum atomic E-state index is -6.10. The van der Waals surface area contributed by atoms with Crippen molar-refractivity contribution >= 4 is 0 Å². The zero-order valence-corrected chi connectivity index (χ0v) is 41.3. The van der Waals surface area contributed by atoms with Gasteiger partial charge in [0.2, 0.25) is 22.8 Å². The van der Waals surface area contributed by atoms with Crippen LogP contribution in [0.15, 0.2) is 51.4 Å². The van der Waals surface area contributed by atoms with Crippen molar-refractivity contribution in [3.8, 4) is 28.7 Å². The Labute approximate surface area is 421 Å². The van der Waals surface area contributed by atoms with E-state index in [9.17, 15) is 0 Å². The molecule has 0 amide bonds. The van der Waals surface area contributed by atoms with E-state index in [4.69, 9.17) is 32.8 Å². The molecule has 1 aromatic heterocycles. The predicted octanol–water partition coefficient (Wildman–Crippen LogP) is 13.7. The summed E-state index contributed by atoms with van der Waals surface area (Å²) in [6, 6.07) is 0. The molecule has 0 saturated carbocycles. The summed E-state index contributed by atoms with van der Waals surface area (Å²) in [5.41, 5.74) is -15.6. The van der Waals surface area contributed by atoms with Gasteiger partial charge in [-0.3, -0.25) is 0 Å². The molecule has 3 aromatic rings. The maximum atomic E-state index is 16.4. The van der Waals surface area contributed by atoms with Gasteiger partial charge in [0.15, 0.2) is 34.9 Å². The zero-order valence-electron chi connectivity index (χ0n) is 41.3. The molecule has 9 nitrogen and oxygen atoms in total. The normalized spacial score (nSPS) is 25.5. The Hall–Kier alpha value is -5.00. The number of rotatable bonds is 18. The predicted molar refractivity (Wildman–Crippen MR) is 237 cm³/mol. The Morgan fingerprint density at radius 1 is 0.627 bits per heavy atom. The molecule has 0 radical (unpaired) electrons. The lowest BCUT2D eigenvalue weighted by Gasteiger charge is -2.45. The molecule has 23 heteroatoms. The number of halogens is 14. The third-order valence-corrected chi connectivity index (χ3v) is 15.1. The first-order valence-electron chi connectivity index (χ1n) is 24.4. The molecular formula is C52H52F14N2O7. The van der Waals surface area contributed by atoms with Gasteiger partial charge >= 0.3 is 12.4 Å². The Kier molecular flexibility index (Phi) is 14.2. The van der Waals surface area contributed by atoms with Crippen molar-refractivity contribution in [2.75, 3.05) is 26.4 Å². The van der Waals surface area contributed by atoms with E-state index in [0.29, 0.717) is 19.4 Å². The summed E-state index contributed by atoms with van der Waals surface area (Å²) in [7, 11) is 0. The third-order valence-electron chi connectivity index (χ3n) is 15.1. The van der Waals surface area contributed by atoms with Crippen molar-refractivity contribution in [2.24, 2.45) is 22.7 Å². The van der Waals surface area contributed by atoms with E-state index in [1.807, 2.05) is 13.8 Å². The van der Waals surface area contributed by atoms with E-state index < -0.39 is 181 Å². The summed E-state index contributed by atoms with van der Waals surface area (Å²) in [5, 5.41) is 6.40. The van der Waals surface area contributed by atoms with Crippen LogP contribution < -0.4 is 4.74 Å². The number of nitrogens with zero attached hydrogens (tertiary/aromatic N) is 2. The molecule has 0 N–H and O–H groups in total. The second-order valence-electron chi connectivity index (χ2n) is 21.4. The van der Waals surface area contributed by atoms with Crippen LogP contribution >= 0.6 is 0 Å². The number of benzene rings is 2. The second-order valence-corrected chi connectivity index (χ2v) is 21.4. The summed E-state index contributed by atoms with van der Waals surface area (Å²) in [5.74, 6) is -24.1. The lowest BCUT2D eigenvalue weighted by Crippen LogP contribution is -2.54. The van der Waals surface area contributed by atoms with Gasteiger partial charge in [-0.15, -0.1) is 10.2 Å². The minimum absolute atomic E-state index is 0.0399. The number of aromatic nitrogens is 2. The highest BCUT2D eigenvalue weighted by Gasteiger charge is 2.74. The topological polar surface area (TPSA) is 108 Å². The molecule has 0 bridgehead atoms. The summed E-state index contributed by atoms with van der Waals surface area (Å²) >= 11 is 0. The van der Waals surface area contributed by atoms with E-state index >= 15 is 61.5 Å². The lowest BCUT2D eigenvalue weighted by atomic mass is 9.63. The van der Waals surface area contributed by atoms with Crippen LogP contribution in [0.3, 0.4) is 0 Å². The van der Waals surface area contributed by atoms with Gasteiger partial charge < -0.3 is 32.8 Å². The summed E-state index contributed by atoms with van der Waals surface area (Å²) in [6.45, 7) is 9.83. The van der Waals surface area contributed by atoms with Crippen LogP contribution in [-0.4, -0.2) is 79.0 Å². The van der Waals surface area contributed by atoms with Crippen molar-refractivity contribution < 1.29 is 94.3 Å². The molecule has 410 valence electrons. The van der Waals surface area contributed by atoms with Crippen LogP contribution in [-0.2, 0) is 29.1 Å². The number of hydrogen-bond donors (Lipinski definition) is 0. The first-order valence-corrected chi connectivity index (χ1v) is 24.4. The molecule has 4 aliphatic heterocycles. The summed E-state index contributed by atoms with van der Waals surface area (Å²) < 4.78 is 262. The van der Waals surface area contributed by atoms with E-state index in [1.54, 1.807) is 6.92 Å². The molecule has 0 spiro atoms. The quantitative estimate of drug-likeness (QED) is 0.0533. The Morgan fingerprint density at radius 3 is 1.56 bits per heavy atom. The number of ether oxygens (including phenoxy) is 6. The Morgan fingerprint density at radius 2 is 1.12 bits per heavy atom. The monoisotopic (exact) mass is 1080 g/mol. The van der Waals surface area contributed by atoms with Crippen molar-refractivity contribution in [2.45, 2.75) is 141 Å². The van der Waals surface area contributed by atoms with Crippen LogP contribution in [0.1, 0.15) is 98.5 Å². The molecule has 5 heterocycles. The Bertz CT molecular complexity index is 2760. The molecule has 9 rings (SSSR count). The average molecular weight is 1080 g/mol. The maximum absolute atomic E-state index is 16.4. The molecule has 2 aromatic carbocycles. The fourth-order valence-electron chi connectivity index (χ4n) is 10.6. The van der Waals surface area contributed by atoms with Gasteiger partial charge in [-0.05, 0) is 80.6 Å². The second kappa shape index (κ2) is 19.5. The SMILES string of the molecule is CCC(C)(CC)OC1=CC=C(C(C2=CC(CC3CO3)(CC3CO3)C=C(Oc3c(F)c(F)c(-c4nnc(-c5c(F)c(F)c(C(C)(C)C)c(F)c5F)o4)c(F)c3F)CC2)(C(F)(F)F)C(F)(F)F)CC1C(CC1CO1)C1CO1. The van der Waals surface area contributed by atoms with Crippen LogP contribution in [0.2, 0.25) is 0 Å². The van der Waals surface area contributed by atoms with Crippen molar-refractivity contribution in [1.29, 1.82) is 0 Å². The van der Waals surface area contributed by atoms with Crippen LogP contribution in [0, 0.1) is 69.2 Å². The fraction of sp³-hybridized carbons (Fsp3) is 0.577. The van der Waals surface area contributed by atoms with Crippen molar-refractivity contribution in [3.63, 3.8) is 0 Å². The lowest BCUT2D eigenvalue weighted by molar-refractivity contribution is -0.312. The average Bonchev–Trinajstić information content (AvgIpc) is 4.08. The van der Waals surface area contributed by atoms with Crippen molar-refractivity contribution in [1.82, 2.24) is 10.2 Å². The largest absolute Gasteiger partial charge is 0.492 e. The van der Waals surface area contributed by atoms with E-state index in [2.05, 4.69) is 10.2 Å². The molecule has 4 fully saturated rings. The number of epoxide rings is 4. The first kappa shape index (κ1) is 54.8. The zero-order chi connectivity index (χ0) is 54.5. The molecule has 6 aliphatic rings. The highest BCUT2D eigenvalue weighted by molar-refractivity contribution is 5.62. The van der Waals surface area contributed by atoms with Gasteiger partial charge in [-0.2, -0.15) is 35.1 Å². The number of alkyl halides is 6. The maximum Gasteiger partial charge on any atom is 0.410 e. The van der Waals surface area contributed by atoms with Gasteiger partial charge in [0.1, 0.15) is 28.2 Å². The van der Waals surface area contributed by atoms with Gasteiger partial charge in [-0.1, -0.05) is 46.8 Å².